The summed E-state index contributed by atoms with van der Waals surface area (Å²) in [5.41, 5.74) is -1.28. The third kappa shape index (κ3) is 6.35. The Labute approximate surface area is 238 Å². The smallest absolute Gasteiger partial charge is 0.434 e. The van der Waals surface area contributed by atoms with Crippen LogP contribution in [0, 0.1) is 5.82 Å². The minimum atomic E-state index is -5.06. The maximum Gasteiger partial charge on any atom is 0.434 e. The summed E-state index contributed by atoms with van der Waals surface area (Å²) in [6.07, 6.45) is -8.93. The van der Waals surface area contributed by atoms with Gasteiger partial charge in [-0.25, -0.2) is 18.9 Å². The number of pyridine rings is 1. The van der Waals surface area contributed by atoms with Gasteiger partial charge < -0.3 is 9.84 Å². The molecule has 1 N–H and O–H groups in total. The van der Waals surface area contributed by atoms with Gasteiger partial charge in [0, 0.05) is 5.56 Å². The van der Waals surface area contributed by atoms with Crippen molar-refractivity contribution in [3.63, 3.8) is 0 Å². The standard InChI is InChI=1S/C30H18F7N3O3/c31-21-12-13-25(43-16-17-4-6-18(7-5-17)19-8-10-20(11-9-19)29(32,33)34)22(14-21)24-2-1-3-26(39-24)40-27(30(35,36)37)23(15-38-40)28(41)42/h1-15H,16H2,(H,41,42). The molecule has 220 valence electrons. The van der Waals surface area contributed by atoms with E-state index in [-0.39, 0.29) is 29.4 Å². The minimum absolute atomic E-state index is 0.00896. The molecule has 5 rings (SSSR count). The molecule has 5 aromatic rings. The summed E-state index contributed by atoms with van der Waals surface area (Å²) in [6, 6.07) is 19.0. The zero-order valence-corrected chi connectivity index (χ0v) is 21.6. The van der Waals surface area contributed by atoms with Crippen LogP contribution in [0.5, 0.6) is 5.75 Å². The Kier molecular flexibility index (Phi) is 7.65. The number of carboxylic acid groups (broad SMARTS) is 1. The second-order valence-electron chi connectivity index (χ2n) is 9.20. The second kappa shape index (κ2) is 11.2. The zero-order chi connectivity index (χ0) is 30.9. The normalized spacial score (nSPS) is 11.9. The lowest BCUT2D eigenvalue weighted by atomic mass is 10.0. The van der Waals surface area contributed by atoms with Crippen molar-refractivity contribution in [1.29, 1.82) is 0 Å². The number of alkyl halides is 6. The highest BCUT2D eigenvalue weighted by molar-refractivity contribution is 5.89. The van der Waals surface area contributed by atoms with Gasteiger partial charge in [0.15, 0.2) is 11.5 Å². The number of rotatable bonds is 7. The van der Waals surface area contributed by atoms with Crippen molar-refractivity contribution in [3.05, 3.63) is 119 Å². The van der Waals surface area contributed by atoms with E-state index in [1.165, 1.54) is 36.4 Å². The number of hydrogen-bond donors (Lipinski definition) is 1. The van der Waals surface area contributed by atoms with Crippen LogP contribution in [-0.2, 0) is 19.0 Å². The van der Waals surface area contributed by atoms with Crippen molar-refractivity contribution >= 4 is 5.97 Å². The van der Waals surface area contributed by atoms with E-state index >= 15 is 0 Å². The molecule has 0 unspecified atom stereocenters. The molecule has 2 heterocycles. The molecule has 0 saturated carbocycles. The predicted octanol–water partition coefficient (Wildman–Crippen LogP) is 8.06. The molecule has 0 aliphatic rings. The predicted molar refractivity (Wildman–Crippen MR) is 140 cm³/mol. The van der Waals surface area contributed by atoms with Gasteiger partial charge in [0.2, 0.25) is 0 Å². The number of carboxylic acids is 1. The average molecular weight is 601 g/mol. The average Bonchev–Trinajstić information content (AvgIpc) is 3.43. The Balaban J connectivity index is 1.39. The summed E-state index contributed by atoms with van der Waals surface area (Å²) in [6.45, 7) is -0.00896. The summed E-state index contributed by atoms with van der Waals surface area (Å²) in [5, 5.41) is 12.7. The van der Waals surface area contributed by atoms with E-state index in [2.05, 4.69) is 10.1 Å². The molecule has 43 heavy (non-hydrogen) atoms. The molecule has 0 radical (unpaired) electrons. The SMILES string of the molecule is O=C(O)c1cnn(-c2cccc(-c3cc(F)ccc3OCc3ccc(-c4ccc(C(F)(F)F)cc4)cc3)n2)c1C(F)(F)F. The van der Waals surface area contributed by atoms with Crippen LogP contribution < -0.4 is 4.74 Å². The first-order chi connectivity index (χ1) is 20.3. The maximum atomic E-state index is 14.3. The number of hydrogen-bond acceptors (Lipinski definition) is 4. The van der Waals surface area contributed by atoms with E-state index in [9.17, 15) is 40.6 Å². The van der Waals surface area contributed by atoms with E-state index in [0.29, 0.717) is 27.6 Å². The summed E-state index contributed by atoms with van der Waals surface area (Å²) >= 11 is 0. The third-order valence-electron chi connectivity index (χ3n) is 6.33. The molecule has 0 aliphatic heterocycles. The van der Waals surface area contributed by atoms with E-state index in [4.69, 9.17) is 4.74 Å². The van der Waals surface area contributed by atoms with Crippen LogP contribution in [0.25, 0.3) is 28.2 Å². The Morgan fingerprint density at radius 1 is 0.837 bits per heavy atom. The molecule has 0 aliphatic carbocycles. The van der Waals surface area contributed by atoms with Gasteiger partial charge in [-0.2, -0.15) is 31.4 Å². The van der Waals surface area contributed by atoms with Crippen molar-refractivity contribution < 1.29 is 45.4 Å². The monoisotopic (exact) mass is 601 g/mol. The number of nitrogens with zero attached hydrogens (tertiary/aromatic N) is 3. The zero-order valence-electron chi connectivity index (χ0n) is 21.6. The van der Waals surface area contributed by atoms with E-state index < -0.39 is 41.0 Å². The van der Waals surface area contributed by atoms with Crippen LogP contribution in [0.4, 0.5) is 30.7 Å². The van der Waals surface area contributed by atoms with Crippen molar-refractivity contribution in [1.82, 2.24) is 14.8 Å². The van der Waals surface area contributed by atoms with Crippen molar-refractivity contribution in [3.8, 4) is 34.0 Å². The van der Waals surface area contributed by atoms with Crippen LogP contribution >= 0.6 is 0 Å². The highest BCUT2D eigenvalue weighted by atomic mass is 19.4. The van der Waals surface area contributed by atoms with Crippen LogP contribution in [0.1, 0.15) is 27.2 Å². The topological polar surface area (TPSA) is 77.2 Å². The van der Waals surface area contributed by atoms with Gasteiger partial charge in [0.1, 0.15) is 23.7 Å². The van der Waals surface area contributed by atoms with Crippen molar-refractivity contribution in [2.75, 3.05) is 0 Å². The van der Waals surface area contributed by atoms with Crippen molar-refractivity contribution in [2.45, 2.75) is 19.0 Å². The fourth-order valence-electron chi connectivity index (χ4n) is 4.28. The summed E-state index contributed by atoms with van der Waals surface area (Å²) in [4.78, 5) is 15.5. The Bertz CT molecular complexity index is 1780. The highest BCUT2D eigenvalue weighted by Gasteiger charge is 2.41. The lowest BCUT2D eigenvalue weighted by Crippen LogP contribution is -2.18. The maximum absolute atomic E-state index is 14.3. The van der Waals surface area contributed by atoms with Gasteiger partial charge in [0.05, 0.1) is 17.5 Å². The molecule has 0 spiro atoms. The second-order valence-corrected chi connectivity index (χ2v) is 9.20. The minimum Gasteiger partial charge on any atom is -0.488 e. The van der Waals surface area contributed by atoms with E-state index in [1.54, 1.807) is 24.3 Å². The number of ether oxygens (including phenoxy) is 1. The molecule has 6 nitrogen and oxygen atoms in total. The lowest BCUT2D eigenvalue weighted by molar-refractivity contribution is -0.143. The Morgan fingerprint density at radius 2 is 1.49 bits per heavy atom. The van der Waals surface area contributed by atoms with Gasteiger partial charge in [0.25, 0.3) is 0 Å². The molecule has 3 aromatic carbocycles. The molecular formula is C30H18F7N3O3. The molecular weight excluding hydrogens is 583 g/mol. The number of aromatic nitrogens is 3. The molecule has 2 aromatic heterocycles. The molecule has 0 saturated heterocycles. The number of carbonyl (C=O) groups is 1. The van der Waals surface area contributed by atoms with Gasteiger partial charge in [-0.1, -0.05) is 42.5 Å². The fourth-order valence-corrected chi connectivity index (χ4v) is 4.28. The van der Waals surface area contributed by atoms with Gasteiger partial charge in [-0.05, 0) is 59.2 Å². The molecule has 13 heteroatoms. The number of aromatic carboxylic acids is 1. The van der Waals surface area contributed by atoms with Crippen LogP contribution in [0.3, 0.4) is 0 Å². The summed E-state index contributed by atoms with van der Waals surface area (Å²) in [7, 11) is 0. The lowest BCUT2D eigenvalue weighted by Gasteiger charge is -2.14. The van der Waals surface area contributed by atoms with Gasteiger partial charge in [-0.15, -0.1) is 0 Å². The first kappa shape index (κ1) is 29.3. The van der Waals surface area contributed by atoms with Gasteiger partial charge >= 0.3 is 18.3 Å². The van der Waals surface area contributed by atoms with Crippen LogP contribution in [-0.4, -0.2) is 25.8 Å². The highest BCUT2D eigenvalue weighted by Crippen LogP contribution is 2.35. The largest absolute Gasteiger partial charge is 0.488 e. The van der Waals surface area contributed by atoms with Crippen LogP contribution in [0.15, 0.2) is 91.1 Å². The van der Waals surface area contributed by atoms with Crippen molar-refractivity contribution in [2.24, 2.45) is 0 Å². The van der Waals surface area contributed by atoms with E-state index in [1.807, 2.05) is 0 Å². The molecule has 0 atom stereocenters. The summed E-state index contributed by atoms with van der Waals surface area (Å²) < 4.78 is 100. The Hall–Kier alpha value is -5.20. The molecule has 0 bridgehead atoms. The first-order valence-corrected chi connectivity index (χ1v) is 12.4. The molecule has 0 fully saturated rings. The summed E-state index contributed by atoms with van der Waals surface area (Å²) in [5.74, 6) is -2.69. The van der Waals surface area contributed by atoms with Gasteiger partial charge in [-0.3, -0.25) is 0 Å². The van der Waals surface area contributed by atoms with E-state index in [0.717, 1.165) is 24.3 Å². The Morgan fingerprint density at radius 3 is 2.09 bits per heavy atom. The van der Waals surface area contributed by atoms with Crippen LogP contribution in [0.2, 0.25) is 0 Å². The number of benzene rings is 3. The molecule has 0 amide bonds. The first-order valence-electron chi connectivity index (χ1n) is 12.4. The number of halogens is 7. The third-order valence-corrected chi connectivity index (χ3v) is 6.33. The fraction of sp³-hybridized carbons (Fsp3) is 0.100. The quantitative estimate of drug-likeness (QED) is 0.191.